The number of benzene rings is 3. The highest BCUT2D eigenvalue weighted by atomic mass is 79.9. The number of halogens is 3. The topological polar surface area (TPSA) is 89.0 Å². The lowest BCUT2D eigenvalue weighted by Crippen LogP contribution is -2.20. The van der Waals surface area contributed by atoms with Crippen molar-refractivity contribution in [3.05, 3.63) is 86.3 Å². The minimum atomic E-state index is -0.374. The second-order valence-corrected chi connectivity index (χ2v) is 8.31. The molecule has 3 rings (SSSR count). The Morgan fingerprint density at radius 2 is 1.67 bits per heavy atom. The Labute approximate surface area is 208 Å². The van der Waals surface area contributed by atoms with E-state index in [9.17, 15) is 9.59 Å². The summed E-state index contributed by atoms with van der Waals surface area (Å²) in [6.45, 7) is -0.234. The fraction of sp³-hybridized carbons (Fsp3) is 0.0870. The number of nitrogens with one attached hydrogen (secondary N) is 2. The number of anilines is 1. The number of nitrogens with zero attached hydrogens (tertiary/aromatic N) is 1. The molecular weight excluding hydrogens is 533 g/mol. The van der Waals surface area contributed by atoms with Crippen LogP contribution >= 0.6 is 39.1 Å². The predicted octanol–water partition coefficient (Wildman–Crippen LogP) is 5.55. The van der Waals surface area contributed by atoms with E-state index in [4.69, 9.17) is 32.7 Å². The van der Waals surface area contributed by atoms with Crippen molar-refractivity contribution in [3.8, 4) is 11.5 Å². The minimum Gasteiger partial charge on any atom is -0.493 e. The normalized spacial score (nSPS) is 10.7. The Bertz CT molecular complexity index is 1170. The van der Waals surface area contributed by atoms with Gasteiger partial charge in [0.1, 0.15) is 0 Å². The number of hydrazone groups is 1. The van der Waals surface area contributed by atoms with Gasteiger partial charge in [-0.1, -0.05) is 23.2 Å². The van der Waals surface area contributed by atoms with Crippen LogP contribution in [0.5, 0.6) is 11.5 Å². The van der Waals surface area contributed by atoms with Gasteiger partial charge in [0.15, 0.2) is 18.1 Å². The second-order valence-electron chi connectivity index (χ2n) is 6.58. The molecule has 2 amide bonds. The third-order valence-electron chi connectivity index (χ3n) is 4.21. The van der Waals surface area contributed by atoms with E-state index in [1.807, 2.05) is 0 Å². The van der Waals surface area contributed by atoms with Crippen LogP contribution in [0.4, 0.5) is 5.69 Å². The average molecular weight is 551 g/mol. The molecule has 0 bridgehead atoms. The lowest BCUT2D eigenvalue weighted by molar-refractivity contribution is -0.118. The number of hydrogen-bond acceptors (Lipinski definition) is 5. The van der Waals surface area contributed by atoms with E-state index in [2.05, 4.69) is 31.8 Å². The maximum absolute atomic E-state index is 12.2. The molecule has 33 heavy (non-hydrogen) atoms. The fourth-order valence-electron chi connectivity index (χ4n) is 2.65. The highest BCUT2D eigenvalue weighted by molar-refractivity contribution is 9.10. The fourth-order valence-corrected chi connectivity index (χ4v) is 3.48. The molecule has 0 radical (unpaired) electrons. The smallest absolute Gasteiger partial charge is 0.271 e. The van der Waals surface area contributed by atoms with Crippen LogP contribution in [-0.4, -0.2) is 31.7 Å². The predicted molar refractivity (Wildman–Crippen MR) is 133 cm³/mol. The van der Waals surface area contributed by atoms with Gasteiger partial charge in [0.2, 0.25) is 0 Å². The van der Waals surface area contributed by atoms with Gasteiger partial charge >= 0.3 is 0 Å². The summed E-state index contributed by atoms with van der Waals surface area (Å²) >= 11 is 15.1. The van der Waals surface area contributed by atoms with E-state index in [-0.39, 0.29) is 18.4 Å². The Balaban J connectivity index is 1.62. The third-order valence-corrected chi connectivity index (χ3v) is 5.31. The van der Waals surface area contributed by atoms with Gasteiger partial charge in [0, 0.05) is 21.3 Å². The van der Waals surface area contributed by atoms with Gasteiger partial charge < -0.3 is 14.8 Å². The van der Waals surface area contributed by atoms with E-state index in [1.54, 1.807) is 60.7 Å². The van der Waals surface area contributed by atoms with Crippen LogP contribution in [0.25, 0.3) is 0 Å². The molecule has 0 saturated carbocycles. The summed E-state index contributed by atoms with van der Waals surface area (Å²) in [5.41, 5.74) is 4.11. The maximum Gasteiger partial charge on any atom is 0.271 e. The van der Waals surface area contributed by atoms with Crippen molar-refractivity contribution in [2.75, 3.05) is 19.0 Å². The summed E-state index contributed by atoms with van der Waals surface area (Å²) in [6.07, 6.45) is 1.46. The molecule has 3 aromatic rings. The number of carbonyl (C=O) groups is 2. The van der Waals surface area contributed by atoms with Gasteiger partial charge in [0.25, 0.3) is 11.8 Å². The maximum atomic E-state index is 12.2. The van der Waals surface area contributed by atoms with E-state index in [0.717, 1.165) is 0 Å². The van der Waals surface area contributed by atoms with Gasteiger partial charge in [-0.05, 0) is 82.2 Å². The molecule has 0 atom stereocenters. The summed E-state index contributed by atoms with van der Waals surface area (Å²) in [7, 11) is 1.48. The zero-order valence-corrected chi connectivity index (χ0v) is 20.4. The molecular formula is C23H18BrCl2N3O4. The van der Waals surface area contributed by atoms with Crippen molar-refractivity contribution in [3.63, 3.8) is 0 Å². The molecule has 0 aromatic heterocycles. The van der Waals surface area contributed by atoms with Crippen LogP contribution in [0.15, 0.2) is 70.2 Å². The van der Waals surface area contributed by atoms with Crippen molar-refractivity contribution in [2.24, 2.45) is 5.10 Å². The zero-order valence-electron chi connectivity index (χ0n) is 17.3. The molecule has 2 N–H and O–H groups in total. The molecule has 0 heterocycles. The van der Waals surface area contributed by atoms with Crippen LogP contribution in [0, 0.1) is 0 Å². The molecule has 0 saturated heterocycles. The molecule has 0 unspecified atom stereocenters. The summed E-state index contributed by atoms with van der Waals surface area (Å²) < 4.78 is 11.6. The van der Waals surface area contributed by atoms with Crippen molar-refractivity contribution in [1.29, 1.82) is 0 Å². The summed E-state index contributed by atoms with van der Waals surface area (Å²) in [5, 5.41) is 7.79. The molecule has 0 aliphatic heterocycles. The van der Waals surface area contributed by atoms with Crippen LogP contribution in [0.1, 0.15) is 15.9 Å². The Kier molecular flexibility index (Phi) is 8.71. The number of rotatable bonds is 8. The molecule has 0 aliphatic carbocycles. The van der Waals surface area contributed by atoms with Crippen molar-refractivity contribution in [2.45, 2.75) is 0 Å². The quantitative estimate of drug-likeness (QED) is 0.284. The second kappa shape index (κ2) is 11.7. The molecule has 170 valence electrons. The Hall–Kier alpha value is -3.07. The van der Waals surface area contributed by atoms with E-state index in [0.29, 0.717) is 42.8 Å². The number of carbonyl (C=O) groups excluding carboxylic acids is 2. The standard InChI is InChI=1S/C23H18BrCl2N3O4/c1-32-20-11-14(12-27-29-23(31)15-2-4-16(25)5-3-15)10-19(24)22(20)33-13-21(30)28-18-8-6-17(26)7-9-18/h2-12H,13H2,1H3,(H,28,30)(H,29,31)/b27-12+. The summed E-state index contributed by atoms with van der Waals surface area (Å²) in [5.74, 6) is 0.0164. The van der Waals surface area contributed by atoms with Crippen LogP contribution in [0.3, 0.4) is 0 Å². The van der Waals surface area contributed by atoms with Crippen LogP contribution in [-0.2, 0) is 4.79 Å². The molecule has 3 aromatic carbocycles. The highest BCUT2D eigenvalue weighted by Gasteiger charge is 2.13. The Morgan fingerprint density at radius 1 is 1.03 bits per heavy atom. The average Bonchev–Trinajstić information content (AvgIpc) is 2.80. The number of hydrogen-bond donors (Lipinski definition) is 2. The lowest BCUT2D eigenvalue weighted by Gasteiger charge is -2.13. The van der Waals surface area contributed by atoms with Gasteiger partial charge in [-0.2, -0.15) is 5.10 Å². The lowest BCUT2D eigenvalue weighted by atomic mass is 10.2. The molecule has 0 spiro atoms. The van der Waals surface area contributed by atoms with Crippen molar-refractivity contribution in [1.82, 2.24) is 5.43 Å². The highest BCUT2D eigenvalue weighted by Crippen LogP contribution is 2.36. The number of methoxy groups -OCH3 is 1. The number of ether oxygens (including phenoxy) is 2. The minimum absolute atomic E-state index is 0.234. The van der Waals surface area contributed by atoms with Gasteiger partial charge in [-0.25, -0.2) is 5.43 Å². The first-order valence-corrected chi connectivity index (χ1v) is 11.1. The SMILES string of the molecule is COc1cc(/C=N/NC(=O)c2ccc(Cl)cc2)cc(Br)c1OCC(=O)Nc1ccc(Cl)cc1. The van der Waals surface area contributed by atoms with Gasteiger partial charge in [-0.3, -0.25) is 9.59 Å². The van der Waals surface area contributed by atoms with Crippen LogP contribution < -0.4 is 20.2 Å². The van der Waals surface area contributed by atoms with E-state index >= 15 is 0 Å². The Morgan fingerprint density at radius 3 is 2.30 bits per heavy atom. The third kappa shape index (κ3) is 7.21. The van der Waals surface area contributed by atoms with E-state index < -0.39 is 0 Å². The van der Waals surface area contributed by atoms with Gasteiger partial charge in [0.05, 0.1) is 17.8 Å². The zero-order chi connectivity index (χ0) is 23.8. The summed E-state index contributed by atoms with van der Waals surface area (Å²) in [4.78, 5) is 24.3. The molecule has 10 heteroatoms. The van der Waals surface area contributed by atoms with Crippen molar-refractivity contribution < 1.29 is 19.1 Å². The molecule has 7 nitrogen and oxygen atoms in total. The molecule has 0 aliphatic rings. The summed E-state index contributed by atoms with van der Waals surface area (Å²) in [6, 6.07) is 16.6. The first-order valence-electron chi connectivity index (χ1n) is 9.50. The van der Waals surface area contributed by atoms with E-state index in [1.165, 1.54) is 13.3 Å². The first kappa shape index (κ1) is 24.6. The van der Waals surface area contributed by atoms with Crippen molar-refractivity contribution >= 4 is 62.8 Å². The van der Waals surface area contributed by atoms with Gasteiger partial charge in [-0.15, -0.1) is 0 Å². The largest absolute Gasteiger partial charge is 0.493 e. The monoisotopic (exact) mass is 549 g/mol. The molecule has 0 fully saturated rings. The number of amides is 2. The van der Waals surface area contributed by atoms with Crippen LogP contribution in [0.2, 0.25) is 10.0 Å². The first-order chi connectivity index (χ1) is 15.9.